The predicted octanol–water partition coefficient (Wildman–Crippen LogP) is 1.94. The summed E-state index contributed by atoms with van der Waals surface area (Å²) in [7, 11) is -3.10. The Balaban J connectivity index is 1.99. The molecule has 1 N–H and O–H groups in total. The molecule has 118 valence electrons. The Morgan fingerprint density at radius 3 is 2.65 bits per heavy atom. The molecule has 2 unspecified atom stereocenters. The van der Waals surface area contributed by atoms with Crippen molar-refractivity contribution >= 4 is 21.8 Å². The van der Waals surface area contributed by atoms with Crippen LogP contribution in [0.5, 0.6) is 0 Å². The lowest BCUT2D eigenvalue weighted by Gasteiger charge is -2.44. The van der Waals surface area contributed by atoms with E-state index in [9.17, 15) is 13.5 Å². The van der Waals surface area contributed by atoms with Gasteiger partial charge < -0.3 is 5.11 Å². The normalized spacial score (nSPS) is 35.9. The predicted molar refractivity (Wildman–Crippen MR) is 84.4 cm³/mol. The molecule has 0 aromatic heterocycles. The average molecular weight is 322 g/mol. The first-order chi connectivity index (χ1) is 9.10. The van der Waals surface area contributed by atoms with Gasteiger partial charge in [-0.05, 0) is 42.8 Å². The third-order valence-electron chi connectivity index (χ3n) is 4.29. The summed E-state index contributed by atoms with van der Waals surface area (Å²) in [4.78, 5) is 0. The number of thioether (sulfide) groups is 1. The topological polar surface area (TPSA) is 57.6 Å². The van der Waals surface area contributed by atoms with Gasteiger partial charge in [0.25, 0.3) is 0 Å². The van der Waals surface area contributed by atoms with Crippen LogP contribution in [0.2, 0.25) is 0 Å². The van der Waals surface area contributed by atoms with Gasteiger partial charge >= 0.3 is 0 Å². The summed E-state index contributed by atoms with van der Waals surface area (Å²) in [6.45, 7) is 5.61. The monoisotopic (exact) mass is 321 g/mol. The first kappa shape index (κ1) is 16.6. The van der Waals surface area contributed by atoms with Crippen LogP contribution in [0.4, 0.5) is 0 Å². The summed E-state index contributed by atoms with van der Waals surface area (Å²) in [5.41, 5.74) is -0.458. The van der Waals surface area contributed by atoms with E-state index in [0.29, 0.717) is 13.1 Å². The molecule has 0 saturated carbocycles. The Kier molecular flexibility index (Phi) is 4.80. The number of aliphatic hydroxyl groups is 1. The molecular weight excluding hydrogens is 294 g/mol. The molecular formula is C14H27NO3S2. The molecule has 0 bridgehead atoms. The quantitative estimate of drug-likeness (QED) is 0.863. The highest BCUT2D eigenvalue weighted by Crippen LogP contribution is 2.43. The largest absolute Gasteiger partial charge is 0.389 e. The smallest absolute Gasteiger partial charge is 0.211 e. The summed E-state index contributed by atoms with van der Waals surface area (Å²) in [5.74, 6) is 2.17. The Morgan fingerprint density at radius 1 is 1.35 bits per heavy atom. The van der Waals surface area contributed by atoms with Crippen molar-refractivity contribution in [3.8, 4) is 0 Å². The fourth-order valence-corrected chi connectivity index (χ4v) is 5.97. The van der Waals surface area contributed by atoms with E-state index < -0.39 is 15.6 Å². The van der Waals surface area contributed by atoms with Crippen LogP contribution in [-0.4, -0.2) is 54.3 Å². The lowest BCUT2D eigenvalue weighted by molar-refractivity contribution is -0.00811. The van der Waals surface area contributed by atoms with E-state index in [-0.39, 0.29) is 11.3 Å². The second-order valence-electron chi connectivity index (χ2n) is 7.39. The van der Waals surface area contributed by atoms with Crippen molar-refractivity contribution in [2.24, 2.45) is 11.3 Å². The zero-order chi connectivity index (χ0) is 15.0. The molecule has 2 aliphatic heterocycles. The highest BCUT2D eigenvalue weighted by molar-refractivity contribution is 7.99. The fourth-order valence-electron chi connectivity index (χ4n) is 3.67. The SMILES string of the molecule is CC1(C)CSCC(O)(CC2CCCN(S(C)(=O)=O)C2)C1. The molecule has 2 heterocycles. The number of sulfonamides is 1. The standard InChI is InChI=1S/C14H27NO3S2/c1-13(2)9-14(16,11-19-10-13)7-12-5-4-6-15(8-12)20(3,17)18/h12,16H,4-11H2,1-3H3. The molecule has 4 nitrogen and oxygen atoms in total. The molecule has 2 rings (SSSR count). The minimum Gasteiger partial charge on any atom is -0.389 e. The lowest BCUT2D eigenvalue weighted by atomic mass is 9.76. The summed E-state index contributed by atoms with van der Waals surface area (Å²) in [5, 5.41) is 10.9. The summed E-state index contributed by atoms with van der Waals surface area (Å²) >= 11 is 1.82. The first-order valence-corrected chi connectivity index (χ1v) is 10.4. The molecule has 2 atom stereocenters. The van der Waals surface area contributed by atoms with E-state index in [1.165, 1.54) is 6.26 Å². The zero-order valence-electron chi connectivity index (χ0n) is 12.8. The highest BCUT2D eigenvalue weighted by Gasteiger charge is 2.41. The Morgan fingerprint density at radius 2 is 2.05 bits per heavy atom. The van der Waals surface area contributed by atoms with Crippen LogP contribution in [0.1, 0.15) is 39.5 Å². The zero-order valence-corrected chi connectivity index (χ0v) is 14.4. The number of hydrogen-bond acceptors (Lipinski definition) is 4. The maximum atomic E-state index is 11.7. The van der Waals surface area contributed by atoms with Crippen molar-refractivity contribution in [3.05, 3.63) is 0 Å². The van der Waals surface area contributed by atoms with Gasteiger partial charge in [-0.15, -0.1) is 0 Å². The lowest BCUT2D eigenvalue weighted by Crippen LogP contribution is -2.47. The van der Waals surface area contributed by atoms with Crippen molar-refractivity contribution in [2.45, 2.75) is 45.1 Å². The summed E-state index contributed by atoms with van der Waals surface area (Å²) in [6, 6.07) is 0. The molecule has 2 saturated heterocycles. The molecule has 0 radical (unpaired) electrons. The number of hydrogen-bond donors (Lipinski definition) is 1. The van der Waals surface area contributed by atoms with E-state index in [0.717, 1.165) is 37.2 Å². The van der Waals surface area contributed by atoms with Crippen molar-refractivity contribution < 1.29 is 13.5 Å². The Labute approximate surface area is 127 Å². The van der Waals surface area contributed by atoms with Crippen molar-refractivity contribution in [1.82, 2.24) is 4.31 Å². The van der Waals surface area contributed by atoms with Crippen LogP contribution in [0.15, 0.2) is 0 Å². The van der Waals surface area contributed by atoms with Crippen LogP contribution in [0, 0.1) is 11.3 Å². The van der Waals surface area contributed by atoms with Gasteiger partial charge in [-0.1, -0.05) is 13.8 Å². The molecule has 6 heteroatoms. The van der Waals surface area contributed by atoms with Crippen LogP contribution >= 0.6 is 11.8 Å². The van der Waals surface area contributed by atoms with E-state index in [1.807, 2.05) is 11.8 Å². The molecule has 2 aliphatic rings. The van der Waals surface area contributed by atoms with Gasteiger partial charge in [-0.25, -0.2) is 12.7 Å². The van der Waals surface area contributed by atoms with Gasteiger partial charge in [0.1, 0.15) is 0 Å². The molecule has 0 aromatic carbocycles. The van der Waals surface area contributed by atoms with Gasteiger partial charge in [0.15, 0.2) is 0 Å². The van der Waals surface area contributed by atoms with E-state index in [4.69, 9.17) is 0 Å². The molecule has 2 fully saturated rings. The van der Waals surface area contributed by atoms with E-state index in [1.54, 1.807) is 4.31 Å². The second kappa shape index (κ2) is 5.78. The molecule has 0 spiro atoms. The Hall–Kier alpha value is 0.220. The number of piperidine rings is 1. The van der Waals surface area contributed by atoms with Crippen molar-refractivity contribution in [3.63, 3.8) is 0 Å². The van der Waals surface area contributed by atoms with Crippen LogP contribution in [0.3, 0.4) is 0 Å². The molecule has 0 aromatic rings. The minimum atomic E-state index is -3.10. The maximum absolute atomic E-state index is 11.7. The molecule has 0 aliphatic carbocycles. The van der Waals surface area contributed by atoms with Gasteiger partial charge in [0, 0.05) is 18.8 Å². The van der Waals surface area contributed by atoms with Crippen molar-refractivity contribution in [2.75, 3.05) is 30.9 Å². The molecule has 20 heavy (non-hydrogen) atoms. The maximum Gasteiger partial charge on any atom is 0.211 e. The van der Waals surface area contributed by atoms with Crippen LogP contribution < -0.4 is 0 Å². The summed E-state index contributed by atoms with van der Waals surface area (Å²) < 4.78 is 24.9. The second-order valence-corrected chi connectivity index (χ2v) is 10.4. The average Bonchev–Trinajstić information content (AvgIpc) is 2.25. The van der Waals surface area contributed by atoms with Gasteiger partial charge in [-0.2, -0.15) is 11.8 Å². The van der Waals surface area contributed by atoms with Crippen LogP contribution in [0.25, 0.3) is 0 Å². The highest BCUT2D eigenvalue weighted by atomic mass is 32.2. The van der Waals surface area contributed by atoms with Gasteiger partial charge in [0.05, 0.1) is 11.9 Å². The van der Waals surface area contributed by atoms with E-state index >= 15 is 0 Å². The number of rotatable bonds is 3. The van der Waals surface area contributed by atoms with Crippen molar-refractivity contribution in [1.29, 1.82) is 0 Å². The van der Waals surface area contributed by atoms with E-state index in [2.05, 4.69) is 13.8 Å². The van der Waals surface area contributed by atoms with Gasteiger partial charge in [0.2, 0.25) is 10.0 Å². The minimum absolute atomic E-state index is 0.169. The first-order valence-electron chi connectivity index (χ1n) is 7.35. The number of nitrogens with zero attached hydrogens (tertiary/aromatic N) is 1. The van der Waals surface area contributed by atoms with Gasteiger partial charge in [-0.3, -0.25) is 0 Å². The Bertz CT molecular complexity index is 449. The molecule has 0 amide bonds. The summed E-state index contributed by atoms with van der Waals surface area (Å²) in [6.07, 6.45) is 4.77. The van der Waals surface area contributed by atoms with Crippen LogP contribution in [-0.2, 0) is 10.0 Å². The fraction of sp³-hybridized carbons (Fsp3) is 1.00. The third kappa shape index (κ3) is 4.36. The third-order valence-corrected chi connectivity index (χ3v) is 7.29.